The second kappa shape index (κ2) is 5.68. The third kappa shape index (κ3) is 3.40. The minimum atomic E-state index is -0.452. The lowest BCUT2D eigenvalue weighted by molar-refractivity contribution is 0.0912. The van der Waals surface area contributed by atoms with E-state index in [4.69, 9.17) is 11.6 Å². The SMILES string of the molecule is Cc1ccc(C(=O)NC(C)(C)c2ccc(Cl)cc2)cc1. The van der Waals surface area contributed by atoms with Crippen molar-refractivity contribution in [3.05, 3.63) is 70.2 Å². The maximum Gasteiger partial charge on any atom is 0.251 e. The zero-order valence-corrected chi connectivity index (χ0v) is 12.7. The van der Waals surface area contributed by atoms with Crippen LogP contribution in [0.5, 0.6) is 0 Å². The smallest absolute Gasteiger partial charge is 0.251 e. The van der Waals surface area contributed by atoms with Crippen LogP contribution in [0.3, 0.4) is 0 Å². The summed E-state index contributed by atoms with van der Waals surface area (Å²) in [5, 5.41) is 3.74. The normalized spacial score (nSPS) is 11.2. The monoisotopic (exact) mass is 287 g/mol. The maximum atomic E-state index is 12.3. The molecule has 1 amide bonds. The van der Waals surface area contributed by atoms with Gasteiger partial charge in [-0.1, -0.05) is 41.4 Å². The molecule has 2 aromatic carbocycles. The standard InChI is InChI=1S/C17H18ClNO/c1-12-4-6-13(7-5-12)16(20)19-17(2,3)14-8-10-15(18)11-9-14/h4-11H,1-3H3,(H,19,20). The zero-order valence-electron chi connectivity index (χ0n) is 11.9. The van der Waals surface area contributed by atoms with Gasteiger partial charge in [0.2, 0.25) is 0 Å². The molecule has 0 saturated carbocycles. The van der Waals surface area contributed by atoms with Crippen molar-refractivity contribution in [3.63, 3.8) is 0 Å². The number of carbonyl (C=O) groups is 1. The van der Waals surface area contributed by atoms with Crippen molar-refractivity contribution >= 4 is 17.5 Å². The zero-order chi connectivity index (χ0) is 14.8. The van der Waals surface area contributed by atoms with Gasteiger partial charge in [-0.05, 0) is 50.6 Å². The molecule has 0 bridgehead atoms. The Bertz CT molecular complexity index is 600. The van der Waals surface area contributed by atoms with E-state index in [-0.39, 0.29) is 5.91 Å². The first-order valence-corrected chi connectivity index (χ1v) is 6.91. The largest absolute Gasteiger partial charge is 0.343 e. The van der Waals surface area contributed by atoms with E-state index in [0.717, 1.165) is 11.1 Å². The van der Waals surface area contributed by atoms with Crippen LogP contribution in [0.1, 0.15) is 35.3 Å². The summed E-state index contributed by atoms with van der Waals surface area (Å²) in [5.41, 5.74) is 2.37. The summed E-state index contributed by atoms with van der Waals surface area (Å²) in [6.45, 7) is 5.95. The van der Waals surface area contributed by atoms with Gasteiger partial charge in [-0.3, -0.25) is 4.79 Å². The number of halogens is 1. The van der Waals surface area contributed by atoms with E-state index < -0.39 is 5.54 Å². The Kier molecular flexibility index (Phi) is 4.15. The molecule has 0 spiro atoms. The van der Waals surface area contributed by atoms with Crippen LogP contribution < -0.4 is 5.32 Å². The fraction of sp³-hybridized carbons (Fsp3) is 0.235. The van der Waals surface area contributed by atoms with E-state index >= 15 is 0 Å². The molecule has 0 unspecified atom stereocenters. The first-order valence-electron chi connectivity index (χ1n) is 6.54. The van der Waals surface area contributed by atoms with Gasteiger partial charge >= 0.3 is 0 Å². The Balaban J connectivity index is 2.17. The second-order valence-corrected chi connectivity index (χ2v) is 5.89. The quantitative estimate of drug-likeness (QED) is 0.895. The number of nitrogens with one attached hydrogen (secondary N) is 1. The first kappa shape index (κ1) is 14.6. The van der Waals surface area contributed by atoms with E-state index in [2.05, 4.69) is 5.32 Å². The summed E-state index contributed by atoms with van der Waals surface area (Å²) < 4.78 is 0. The van der Waals surface area contributed by atoms with Crippen LogP contribution in [0.15, 0.2) is 48.5 Å². The van der Waals surface area contributed by atoms with Crippen molar-refractivity contribution in [2.45, 2.75) is 26.3 Å². The molecule has 0 radical (unpaired) electrons. The summed E-state index contributed by atoms with van der Waals surface area (Å²) in [6.07, 6.45) is 0. The topological polar surface area (TPSA) is 29.1 Å². The van der Waals surface area contributed by atoms with Crippen molar-refractivity contribution < 1.29 is 4.79 Å². The van der Waals surface area contributed by atoms with Gasteiger partial charge in [0.25, 0.3) is 5.91 Å². The molecule has 2 aromatic rings. The highest BCUT2D eigenvalue weighted by Gasteiger charge is 2.23. The lowest BCUT2D eigenvalue weighted by Crippen LogP contribution is -2.40. The van der Waals surface area contributed by atoms with E-state index in [1.807, 2.05) is 69.3 Å². The molecule has 104 valence electrons. The predicted octanol–water partition coefficient (Wildman–Crippen LogP) is 4.31. The molecular formula is C17H18ClNO. The van der Waals surface area contributed by atoms with E-state index in [1.54, 1.807) is 0 Å². The van der Waals surface area contributed by atoms with E-state index in [1.165, 1.54) is 0 Å². The van der Waals surface area contributed by atoms with Gasteiger partial charge in [-0.15, -0.1) is 0 Å². The second-order valence-electron chi connectivity index (χ2n) is 5.45. The highest BCUT2D eigenvalue weighted by molar-refractivity contribution is 6.30. The maximum absolute atomic E-state index is 12.3. The van der Waals surface area contributed by atoms with Crippen LogP contribution in [0.4, 0.5) is 0 Å². The van der Waals surface area contributed by atoms with Gasteiger partial charge in [-0.25, -0.2) is 0 Å². The minimum Gasteiger partial charge on any atom is -0.343 e. The molecule has 3 heteroatoms. The molecule has 20 heavy (non-hydrogen) atoms. The third-order valence-corrected chi connectivity index (χ3v) is 3.56. The molecule has 0 aliphatic carbocycles. The Labute approximate surface area is 124 Å². The van der Waals surface area contributed by atoms with Gasteiger partial charge in [0.1, 0.15) is 0 Å². The number of aryl methyl sites for hydroxylation is 1. The van der Waals surface area contributed by atoms with Gasteiger partial charge in [-0.2, -0.15) is 0 Å². The molecule has 0 fully saturated rings. The number of amides is 1. The fourth-order valence-corrected chi connectivity index (χ4v) is 2.13. The average molecular weight is 288 g/mol. The van der Waals surface area contributed by atoms with Gasteiger partial charge in [0, 0.05) is 10.6 Å². The Hall–Kier alpha value is -1.80. The van der Waals surface area contributed by atoms with Crippen molar-refractivity contribution in [3.8, 4) is 0 Å². The van der Waals surface area contributed by atoms with E-state index in [0.29, 0.717) is 10.6 Å². The third-order valence-electron chi connectivity index (χ3n) is 3.31. The summed E-state index contributed by atoms with van der Waals surface area (Å²) in [7, 11) is 0. The number of rotatable bonds is 3. The molecule has 0 atom stereocenters. The first-order chi connectivity index (χ1) is 9.38. The number of benzene rings is 2. The lowest BCUT2D eigenvalue weighted by Gasteiger charge is -2.27. The molecule has 2 nitrogen and oxygen atoms in total. The fourth-order valence-electron chi connectivity index (χ4n) is 2.00. The van der Waals surface area contributed by atoms with Crippen LogP contribution in [0, 0.1) is 6.92 Å². The molecular weight excluding hydrogens is 270 g/mol. The molecule has 1 N–H and O–H groups in total. The summed E-state index contributed by atoms with van der Waals surface area (Å²) in [4.78, 5) is 12.3. The van der Waals surface area contributed by atoms with Crippen LogP contribution in [0.2, 0.25) is 5.02 Å². The highest BCUT2D eigenvalue weighted by Crippen LogP contribution is 2.22. The number of carbonyl (C=O) groups excluding carboxylic acids is 1. The lowest BCUT2D eigenvalue weighted by atomic mass is 9.94. The van der Waals surface area contributed by atoms with Crippen LogP contribution in [-0.2, 0) is 5.54 Å². The Morgan fingerprint density at radius 3 is 2.10 bits per heavy atom. The van der Waals surface area contributed by atoms with Gasteiger partial charge in [0.05, 0.1) is 5.54 Å². The van der Waals surface area contributed by atoms with Gasteiger partial charge < -0.3 is 5.32 Å². The summed E-state index contributed by atoms with van der Waals surface area (Å²) in [6, 6.07) is 15.1. The van der Waals surface area contributed by atoms with Crippen molar-refractivity contribution in [2.75, 3.05) is 0 Å². The van der Waals surface area contributed by atoms with Crippen LogP contribution >= 0.6 is 11.6 Å². The molecule has 2 rings (SSSR count). The summed E-state index contributed by atoms with van der Waals surface area (Å²) in [5.74, 6) is -0.0787. The minimum absolute atomic E-state index is 0.0787. The van der Waals surface area contributed by atoms with Crippen LogP contribution in [0.25, 0.3) is 0 Å². The summed E-state index contributed by atoms with van der Waals surface area (Å²) >= 11 is 5.89. The Morgan fingerprint density at radius 1 is 1.00 bits per heavy atom. The Morgan fingerprint density at radius 2 is 1.55 bits per heavy atom. The predicted molar refractivity (Wildman–Crippen MR) is 83.1 cm³/mol. The van der Waals surface area contributed by atoms with Crippen LogP contribution in [-0.4, -0.2) is 5.91 Å². The molecule has 0 saturated heterocycles. The number of hydrogen-bond donors (Lipinski definition) is 1. The molecule has 0 heterocycles. The van der Waals surface area contributed by atoms with E-state index in [9.17, 15) is 4.79 Å². The number of hydrogen-bond acceptors (Lipinski definition) is 1. The van der Waals surface area contributed by atoms with Crippen molar-refractivity contribution in [2.24, 2.45) is 0 Å². The molecule has 0 aliphatic rings. The van der Waals surface area contributed by atoms with Gasteiger partial charge in [0.15, 0.2) is 0 Å². The highest BCUT2D eigenvalue weighted by atomic mass is 35.5. The van der Waals surface area contributed by atoms with Crippen molar-refractivity contribution in [1.29, 1.82) is 0 Å². The van der Waals surface area contributed by atoms with Crippen molar-refractivity contribution in [1.82, 2.24) is 5.32 Å². The molecule has 0 aliphatic heterocycles. The average Bonchev–Trinajstić information content (AvgIpc) is 2.39. The molecule has 0 aromatic heterocycles.